The van der Waals surface area contributed by atoms with E-state index in [-0.39, 0.29) is 12.1 Å². The van der Waals surface area contributed by atoms with Crippen LogP contribution >= 0.6 is 0 Å². The van der Waals surface area contributed by atoms with Gasteiger partial charge in [0.15, 0.2) is 0 Å². The molecule has 0 aliphatic heterocycles. The van der Waals surface area contributed by atoms with Gasteiger partial charge in [0.1, 0.15) is 17.9 Å². The van der Waals surface area contributed by atoms with Crippen LogP contribution in [0.15, 0.2) is 54.6 Å². The summed E-state index contributed by atoms with van der Waals surface area (Å²) < 4.78 is 17.7. The number of carboxylic acids is 1. The van der Waals surface area contributed by atoms with Crippen molar-refractivity contribution in [2.75, 3.05) is 12.4 Å². The standard InChI is InChI=1S/C21H22FN3O6/c1-31-20(29)17(11-13-5-3-2-4-6-13)24-19(28)16(12-18(26)27)25-21(30)23-15-9-7-14(22)8-10-15/h2-10,16-17H,11-12H2,1H3,(H,24,28)(H,26,27)(H2,23,25,30). The lowest BCUT2D eigenvalue weighted by Gasteiger charge is -2.21. The van der Waals surface area contributed by atoms with Crippen LogP contribution in [0.1, 0.15) is 12.0 Å². The number of hydrogen-bond donors (Lipinski definition) is 4. The van der Waals surface area contributed by atoms with Crippen molar-refractivity contribution < 1.29 is 33.4 Å². The van der Waals surface area contributed by atoms with Gasteiger partial charge in [-0.25, -0.2) is 14.0 Å². The highest BCUT2D eigenvalue weighted by Crippen LogP contribution is 2.09. The van der Waals surface area contributed by atoms with Crippen LogP contribution in [-0.4, -0.2) is 48.2 Å². The highest BCUT2D eigenvalue weighted by molar-refractivity contribution is 5.96. The van der Waals surface area contributed by atoms with E-state index >= 15 is 0 Å². The zero-order valence-electron chi connectivity index (χ0n) is 16.6. The van der Waals surface area contributed by atoms with Crippen molar-refractivity contribution in [3.63, 3.8) is 0 Å². The first-order valence-electron chi connectivity index (χ1n) is 9.25. The minimum absolute atomic E-state index is 0.112. The molecule has 0 aliphatic carbocycles. The molecule has 2 aromatic rings. The molecule has 9 nitrogen and oxygen atoms in total. The lowest BCUT2D eigenvalue weighted by Crippen LogP contribution is -2.53. The minimum atomic E-state index is -1.47. The van der Waals surface area contributed by atoms with Gasteiger partial charge in [0.2, 0.25) is 5.91 Å². The summed E-state index contributed by atoms with van der Waals surface area (Å²) in [6, 6.07) is 10.3. The monoisotopic (exact) mass is 431 g/mol. The number of rotatable bonds is 9. The Morgan fingerprint density at radius 3 is 2.19 bits per heavy atom. The number of ether oxygens (including phenoxy) is 1. The van der Waals surface area contributed by atoms with Crippen LogP contribution in [-0.2, 0) is 25.5 Å². The predicted octanol–water partition coefficient (Wildman–Crippen LogP) is 1.69. The molecule has 164 valence electrons. The zero-order chi connectivity index (χ0) is 22.8. The van der Waals surface area contributed by atoms with E-state index < -0.39 is 48.2 Å². The van der Waals surface area contributed by atoms with Crippen LogP contribution in [0.2, 0.25) is 0 Å². The van der Waals surface area contributed by atoms with E-state index in [1.54, 1.807) is 30.3 Å². The van der Waals surface area contributed by atoms with Gasteiger partial charge in [-0.15, -0.1) is 0 Å². The maximum absolute atomic E-state index is 13.0. The number of amides is 3. The van der Waals surface area contributed by atoms with Gasteiger partial charge in [-0.05, 0) is 29.8 Å². The summed E-state index contributed by atoms with van der Waals surface area (Å²) in [6.07, 6.45) is -0.608. The average molecular weight is 431 g/mol. The van der Waals surface area contributed by atoms with Crippen molar-refractivity contribution in [3.05, 3.63) is 66.0 Å². The fraction of sp³-hybridized carbons (Fsp3) is 0.238. The maximum atomic E-state index is 13.0. The van der Waals surface area contributed by atoms with E-state index in [0.29, 0.717) is 0 Å². The number of halogens is 1. The molecule has 2 rings (SSSR count). The molecule has 0 saturated heterocycles. The highest BCUT2D eigenvalue weighted by Gasteiger charge is 2.29. The summed E-state index contributed by atoms with van der Waals surface area (Å²) in [5.74, 6) is -3.42. The molecule has 10 heteroatoms. The van der Waals surface area contributed by atoms with Gasteiger partial charge in [-0.2, -0.15) is 0 Å². The van der Waals surface area contributed by atoms with E-state index in [9.17, 15) is 23.6 Å². The Bertz CT molecular complexity index is 920. The molecule has 0 radical (unpaired) electrons. The number of carbonyl (C=O) groups excluding carboxylic acids is 3. The van der Waals surface area contributed by atoms with Crippen molar-refractivity contribution in [2.24, 2.45) is 0 Å². The van der Waals surface area contributed by atoms with Crippen molar-refractivity contribution in [2.45, 2.75) is 24.9 Å². The quantitative estimate of drug-likeness (QED) is 0.447. The van der Waals surface area contributed by atoms with Gasteiger partial charge in [0.05, 0.1) is 13.5 Å². The number of anilines is 1. The second kappa shape index (κ2) is 11.3. The normalized spacial score (nSPS) is 12.2. The summed E-state index contributed by atoms with van der Waals surface area (Å²) in [7, 11) is 1.16. The van der Waals surface area contributed by atoms with Gasteiger partial charge < -0.3 is 25.8 Å². The number of carboxylic acid groups (broad SMARTS) is 1. The van der Waals surface area contributed by atoms with Crippen molar-refractivity contribution >= 4 is 29.6 Å². The van der Waals surface area contributed by atoms with Crippen LogP contribution in [0.25, 0.3) is 0 Å². The number of hydrogen-bond acceptors (Lipinski definition) is 5. The smallest absolute Gasteiger partial charge is 0.328 e. The SMILES string of the molecule is COC(=O)C(Cc1ccccc1)NC(=O)C(CC(=O)O)NC(=O)Nc1ccc(F)cc1. The Hall–Kier alpha value is -3.95. The predicted molar refractivity (Wildman–Crippen MR) is 109 cm³/mol. The number of benzene rings is 2. The van der Waals surface area contributed by atoms with Crippen LogP contribution in [0.4, 0.5) is 14.9 Å². The van der Waals surface area contributed by atoms with Crippen molar-refractivity contribution in [3.8, 4) is 0 Å². The summed E-state index contributed by atoms with van der Waals surface area (Å²) in [4.78, 5) is 48.1. The third-order valence-electron chi connectivity index (χ3n) is 4.19. The van der Waals surface area contributed by atoms with Gasteiger partial charge >= 0.3 is 18.0 Å². The Kier molecular flexibility index (Phi) is 8.50. The van der Waals surface area contributed by atoms with Gasteiger partial charge in [-0.1, -0.05) is 30.3 Å². The topological polar surface area (TPSA) is 134 Å². The van der Waals surface area contributed by atoms with E-state index in [1.807, 2.05) is 0 Å². The maximum Gasteiger partial charge on any atom is 0.328 e. The van der Waals surface area contributed by atoms with Crippen molar-refractivity contribution in [1.82, 2.24) is 10.6 Å². The fourth-order valence-electron chi connectivity index (χ4n) is 2.70. The molecule has 0 heterocycles. The fourth-order valence-corrected chi connectivity index (χ4v) is 2.70. The third kappa shape index (κ3) is 7.77. The molecule has 0 bridgehead atoms. The molecular weight excluding hydrogens is 409 g/mol. The van der Waals surface area contributed by atoms with Crippen LogP contribution in [0.3, 0.4) is 0 Å². The largest absolute Gasteiger partial charge is 0.481 e. The molecule has 0 spiro atoms. The molecule has 2 aromatic carbocycles. The lowest BCUT2D eigenvalue weighted by atomic mass is 10.1. The number of esters is 1. The molecule has 0 aliphatic rings. The van der Waals surface area contributed by atoms with E-state index in [1.165, 1.54) is 12.1 Å². The van der Waals surface area contributed by atoms with E-state index in [0.717, 1.165) is 24.8 Å². The van der Waals surface area contributed by atoms with Crippen molar-refractivity contribution in [1.29, 1.82) is 0 Å². The molecule has 0 fully saturated rings. The molecule has 0 saturated carbocycles. The summed E-state index contributed by atoms with van der Waals surface area (Å²) in [6.45, 7) is 0. The summed E-state index contributed by atoms with van der Waals surface area (Å²) >= 11 is 0. The van der Waals surface area contributed by atoms with Crippen LogP contribution in [0.5, 0.6) is 0 Å². The van der Waals surface area contributed by atoms with Gasteiger partial charge in [-0.3, -0.25) is 9.59 Å². The lowest BCUT2D eigenvalue weighted by molar-refractivity contribution is -0.145. The number of carbonyl (C=O) groups is 4. The number of nitrogens with one attached hydrogen (secondary N) is 3. The zero-order valence-corrected chi connectivity index (χ0v) is 16.6. The Morgan fingerprint density at radius 2 is 1.61 bits per heavy atom. The Balaban J connectivity index is 2.08. The highest BCUT2D eigenvalue weighted by atomic mass is 19.1. The first kappa shape index (κ1) is 23.3. The molecule has 0 aromatic heterocycles. The minimum Gasteiger partial charge on any atom is -0.481 e. The number of methoxy groups -OCH3 is 1. The molecule has 4 N–H and O–H groups in total. The van der Waals surface area contributed by atoms with Gasteiger partial charge in [0.25, 0.3) is 0 Å². The second-order valence-electron chi connectivity index (χ2n) is 6.53. The Morgan fingerprint density at radius 1 is 0.968 bits per heavy atom. The molecule has 2 atom stereocenters. The van der Waals surface area contributed by atoms with Crippen LogP contribution in [0, 0.1) is 5.82 Å². The number of aliphatic carboxylic acids is 1. The molecule has 31 heavy (non-hydrogen) atoms. The Labute approximate surface area is 177 Å². The third-order valence-corrected chi connectivity index (χ3v) is 4.19. The molecule has 3 amide bonds. The van der Waals surface area contributed by atoms with Gasteiger partial charge in [0, 0.05) is 12.1 Å². The van der Waals surface area contributed by atoms with E-state index in [4.69, 9.17) is 9.84 Å². The average Bonchev–Trinajstić information content (AvgIpc) is 2.74. The molecular formula is C21H22FN3O6. The summed E-state index contributed by atoms with van der Waals surface area (Å²) in [5, 5.41) is 16.2. The first-order chi connectivity index (χ1) is 14.8. The molecule has 2 unspecified atom stereocenters. The second-order valence-corrected chi connectivity index (χ2v) is 6.53. The first-order valence-corrected chi connectivity index (χ1v) is 9.25. The number of urea groups is 1. The van der Waals surface area contributed by atoms with Crippen LogP contribution < -0.4 is 16.0 Å². The summed E-state index contributed by atoms with van der Waals surface area (Å²) in [5.41, 5.74) is 0.986. The van der Waals surface area contributed by atoms with E-state index in [2.05, 4.69) is 16.0 Å².